The van der Waals surface area contributed by atoms with Crippen molar-refractivity contribution in [3.8, 4) is 48.8 Å². The van der Waals surface area contributed by atoms with Gasteiger partial charge in [0.15, 0.2) is 0 Å². The Balaban J connectivity index is 1.39. The molecule has 1 aliphatic carbocycles. The molecule has 0 amide bonds. The number of benzene rings is 5. The minimum Gasteiger partial charge on any atom is -0.309 e. The first kappa shape index (κ1) is 26.8. The van der Waals surface area contributed by atoms with Gasteiger partial charge in [-0.25, -0.2) is 0 Å². The molecule has 0 atom stereocenters. The van der Waals surface area contributed by atoms with E-state index in [9.17, 15) is 0 Å². The maximum absolute atomic E-state index is 3.45. The first-order valence-electron chi connectivity index (χ1n) is 15.8. The van der Waals surface area contributed by atoms with Crippen molar-refractivity contribution in [1.82, 2.24) is 4.57 Å². The lowest BCUT2D eigenvalue weighted by atomic mass is 9.90. The van der Waals surface area contributed by atoms with Crippen LogP contribution in [-0.2, 0) is 6.42 Å². The molecule has 2 heterocycles. The van der Waals surface area contributed by atoms with Crippen molar-refractivity contribution in [2.75, 3.05) is 0 Å². The molecule has 0 fully saturated rings. The van der Waals surface area contributed by atoms with E-state index in [2.05, 4.69) is 162 Å². The van der Waals surface area contributed by atoms with E-state index in [1.165, 1.54) is 70.5 Å². The number of aromatic nitrogens is 1. The maximum Gasteiger partial charge on any atom is 0.0634 e. The van der Waals surface area contributed by atoms with Crippen molar-refractivity contribution in [2.24, 2.45) is 0 Å². The number of fused-ring (bicyclic) bond motifs is 4. The lowest BCUT2D eigenvalue weighted by molar-refractivity contribution is 0.996. The summed E-state index contributed by atoms with van der Waals surface area (Å²) in [7, 11) is 0. The average Bonchev–Trinajstić information content (AvgIpc) is 3.69. The number of hydrogen-bond donors (Lipinski definition) is 0. The van der Waals surface area contributed by atoms with Crippen LogP contribution in [0.5, 0.6) is 0 Å². The fraction of sp³-hybridized carbons (Fsp3) is 0.0455. The molecule has 0 saturated heterocycles. The quantitative estimate of drug-likeness (QED) is 0.184. The predicted molar refractivity (Wildman–Crippen MR) is 195 cm³/mol. The normalized spacial score (nSPS) is 12.3. The lowest BCUT2D eigenvalue weighted by Gasteiger charge is -2.16. The summed E-state index contributed by atoms with van der Waals surface area (Å²) in [5, 5.41) is 2.53. The van der Waals surface area contributed by atoms with E-state index in [1.807, 2.05) is 17.4 Å². The van der Waals surface area contributed by atoms with Crippen LogP contribution in [0.25, 0.3) is 76.7 Å². The van der Waals surface area contributed by atoms with Crippen LogP contribution in [0.2, 0.25) is 0 Å². The molecule has 1 nitrogen and oxygen atoms in total. The Morgan fingerprint density at radius 1 is 0.630 bits per heavy atom. The number of para-hydroxylation sites is 2. The molecule has 0 N–H and O–H groups in total. The van der Waals surface area contributed by atoms with Crippen molar-refractivity contribution in [3.05, 3.63) is 169 Å². The standard InChI is InChI=1S/C44H29NS/c1-4-15-30(16-5-1)32-19-14-20-33(29-32)43-38-24-10-11-25-39(38)44(46-43)41-35(31-17-6-2-7-18-31)27-28-37-36-23-12-13-26-40(36)45(42(37)41)34-21-8-3-9-22-34/h1-6,8-10,12-17,19-24,26-29H,11,25H2. The molecular formula is C44H29NS. The Morgan fingerprint density at radius 3 is 2.26 bits per heavy atom. The zero-order valence-electron chi connectivity index (χ0n) is 25.2. The SMILES string of the molecule is c1cccc(-c2ccc3c4ccccc4n(-c4ccccc4)c3c2-c2sc(-c3cccc(-c4ccccc4)c3)c3c2CCC=C3)c#1. The third-order valence-corrected chi connectivity index (χ3v) is 10.5. The Labute approximate surface area is 273 Å². The highest BCUT2D eigenvalue weighted by atomic mass is 32.1. The molecule has 0 spiro atoms. The van der Waals surface area contributed by atoms with Crippen LogP contribution < -0.4 is 0 Å². The summed E-state index contributed by atoms with van der Waals surface area (Å²) in [5.41, 5.74) is 13.7. The molecule has 8 aromatic rings. The summed E-state index contributed by atoms with van der Waals surface area (Å²) < 4.78 is 2.47. The Bertz CT molecular complexity index is 2390. The van der Waals surface area contributed by atoms with Gasteiger partial charge in [0.1, 0.15) is 0 Å². The van der Waals surface area contributed by atoms with Crippen LogP contribution in [0.4, 0.5) is 0 Å². The van der Waals surface area contributed by atoms with Gasteiger partial charge in [0.05, 0.1) is 11.0 Å². The molecule has 2 heteroatoms. The number of thiophene rings is 1. The third-order valence-electron chi connectivity index (χ3n) is 9.14. The molecule has 0 unspecified atom stereocenters. The van der Waals surface area contributed by atoms with Gasteiger partial charge in [-0.05, 0) is 77.1 Å². The van der Waals surface area contributed by atoms with E-state index in [0.29, 0.717) is 0 Å². The highest BCUT2D eigenvalue weighted by Gasteiger charge is 2.27. The number of nitrogens with zero attached hydrogens (tertiary/aromatic N) is 1. The second kappa shape index (κ2) is 11.1. The summed E-state index contributed by atoms with van der Waals surface area (Å²) in [6.45, 7) is 0. The first-order valence-corrected chi connectivity index (χ1v) is 16.7. The van der Waals surface area contributed by atoms with Gasteiger partial charge < -0.3 is 4.57 Å². The first-order chi connectivity index (χ1) is 22.8. The molecule has 0 saturated carbocycles. The van der Waals surface area contributed by atoms with Gasteiger partial charge in [0, 0.05) is 42.9 Å². The Morgan fingerprint density at radius 2 is 1.41 bits per heavy atom. The summed E-state index contributed by atoms with van der Waals surface area (Å²) in [6.07, 6.45) is 6.75. The fourth-order valence-electron chi connectivity index (χ4n) is 7.09. The average molecular weight is 604 g/mol. The highest BCUT2D eigenvalue weighted by molar-refractivity contribution is 7.19. The summed E-state index contributed by atoms with van der Waals surface area (Å²) in [4.78, 5) is 2.67. The topological polar surface area (TPSA) is 4.93 Å². The molecule has 6 aromatic carbocycles. The van der Waals surface area contributed by atoms with Crippen LogP contribution in [0, 0.1) is 12.1 Å². The van der Waals surface area contributed by atoms with Crippen LogP contribution in [-0.4, -0.2) is 4.57 Å². The Hall–Kier alpha value is -5.62. The van der Waals surface area contributed by atoms with Crippen molar-refractivity contribution in [3.63, 3.8) is 0 Å². The number of allylic oxidation sites excluding steroid dienone is 1. The number of rotatable bonds is 5. The van der Waals surface area contributed by atoms with Gasteiger partial charge in [-0.15, -0.1) is 11.3 Å². The molecule has 2 aromatic heterocycles. The zero-order valence-corrected chi connectivity index (χ0v) is 26.0. The largest absolute Gasteiger partial charge is 0.309 e. The van der Waals surface area contributed by atoms with Gasteiger partial charge in [0.2, 0.25) is 0 Å². The van der Waals surface area contributed by atoms with Gasteiger partial charge in [-0.3, -0.25) is 0 Å². The molecule has 0 radical (unpaired) electrons. The molecule has 0 bridgehead atoms. The van der Waals surface area contributed by atoms with Crippen LogP contribution in [0.3, 0.4) is 0 Å². The van der Waals surface area contributed by atoms with Gasteiger partial charge in [0.25, 0.3) is 0 Å². The highest BCUT2D eigenvalue weighted by Crippen LogP contribution is 2.51. The van der Waals surface area contributed by atoms with Crippen LogP contribution in [0.1, 0.15) is 17.5 Å². The second-order valence-corrected chi connectivity index (χ2v) is 12.8. The predicted octanol–water partition coefficient (Wildman–Crippen LogP) is 12.1. The molecular weight excluding hydrogens is 575 g/mol. The second-order valence-electron chi connectivity index (χ2n) is 11.8. The molecule has 9 rings (SSSR count). The molecule has 0 aliphatic heterocycles. The van der Waals surface area contributed by atoms with E-state index in [4.69, 9.17) is 0 Å². The monoisotopic (exact) mass is 603 g/mol. The van der Waals surface area contributed by atoms with E-state index in [1.54, 1.807) is 0 Å². The zero-order chi connectivity index (χ0) is 30.5. The smallest absolute Gasteiger partial charge is 0.0634 e. The minimum atomic E-state index is 1.02. The van der Waals surface area contributed by atoms with Crippen LogP contribution in [0.15, 0.2) is 146 Å². The van der Waals surface area contributed by atoms with E-state index < -0.39 is 0 Å². The van der Waals surface area contributed by atoms with E-state index in [0.717, 1.165) is 24.1 Å². The van der Waals surface area contributed by atoms with Gasteiger partial charge in [-0.2, -0.15) is 0 Å². The van der Waals surface area contributed by atoms with Crippen molar-refractivity contribution in [1.29, 1.82) is 0 Å². The van der Waals surface area contributed by atoms with E-state index in [-0.39, 0.29) is 0 Å². The molecule has 1 aliphatic rings. The van der Waals surface area contributed by atoms with Gasteiger partial charge >= 0.3 is 0 Å². The molecule has 46 heavy (non-hydrogen) atoms. The van der Waals surface area contributed by atoms with Crippen LogP contribution >= 0.6 is 11.3 Å². The minimum absolute atomic E-state index is 1.02. The Kier molecular flexibility index (Phi) is 6.44. The lowest BCUT2D eigenvalue weighted by Crippen LogP contribution is -1.98. The van der Waals surface area contributed by atoms with Gasteiger partial charge in [-0.1, -0.05) is 127 Å². The van der Waals surface area contributed by atoms with Crippen molar-refractivity contribution in [2.45, 2.75) is 12.8 Å². The van der Waals surface area contributed by atoms with E-state index >= 15 is 0 Å². The third kappa shape index (κ3) is 4.32. The fourth-order valence-corrected chi connectivity index (χ4v) is 8.48. The summed E-state index contributed by atoms with van der Waals surface area (Å²) >= 11 is 1.93. The van der Waals surface area contributed by atoms with Crippen molar-refractivity contribution < 1.29 is 0 Å². The maximum atomic E-state index is 3.45. The summed E-state index contributed by atoms with van der Waals surface area (Å²) in [6, 6.07) is 56.8. The molecule has 216 valence electrons. The van der Waals surface area contributed by atoms with Crippen molar-refractivity contribution >= 4 is 39.2 Å². The number of hydrogen-bond acceptors (Lipinski definition) is 1. The summed E-state index contributed by atoms with van der Waals surface area (Å²) in [5.74, 6) is 0.